The molecule has 146 valence electrons. The topological polar surface area (TPSA) is 97.0 Å². The molecular weight excluding hydrogens is 376 g/mol. The molecule has 7 nitrogen and oxygen atoms in total. The quantitative estimate of drug-likeness (QED) is 0.320. The smallest absolute Gasteiger partial charge is 0.337 e. The van der Waals surface area contributed by atoms with Crippen molar-refractivity contribution in [1.82, 2.24) is 15.0 Å². The Morgan fingerprint density at radius 3 is 2.96 bits per heavy atom. The van der Waals surface area contributed by atoms with E-state index in [-0.39, 0.29) is 12.2 Å². The molecule has 8 heteroatoms. The maximum atomic E-state index is 13.0. The van der Waals surface area contributed by atoms with Crippen molar-refractivity contribution in [2.24, 2.45) is 0 Å². The van der Waals surface area contributed by atoms with Gasteiger partial charge >= 0.3 is 5.97 Å². The molecular formula is C20H22N4O3S. The van der Waals surface area contributed by atoms with E-state index in [0.717, 1.165) is 17.7 Å². The number of esters is 1. The maximum absolute atomic E-state index is 13.0. The lowest BCUT2D eigenvalue weighted by molar-refractivity contribution is -0.138. The minimum absolute atomic E-state index is 0.0867. The summed E-state index contributed by atoms with van der Waals surface area (Å²) in [4.78, 5) is 37.3. The van der Waals surface area contributed by atoms with Crippen LogP contribution in [0.5, 0.6) is 0 Å². The van der Waals surface area contributed by atoms with E-state index >= 15 is 0 Å². The summed E-state index contributed by atoms with van der Waals surface area (Å²) >= 11 is 1.49. The monoisotopic (exact) mass is 398 g/mol. The highest BCUT2D eigenvalue weighted by Gasteiger charge is 2.36. The van der Waals surface area contributed by atoms with Crippen molar-refractivity contribution < 1.29 is 9.53 Å². The van der Waals surface area contributed by atoms with E-state index in [1.54, 1.807) is 25.4 Å². The second-order valence-corrected chi connectivity index (χ2v) is 7.34. The number of allylic oxidation sites excluding steroid dienone is 1. The third-order valence-electron chi connectivity index (χ3n) is 4.23. The van der Waals surface area contributed by atoms with E-state index in [0.29, 0.717) is 27.8 Å². The zero-order valence-corrected chi connectivity index (χ0v) is 16.6. The standard InChI is InChI=1S/C20H22N4O3S/c1-4-9-27-19(26)14-12(3)22-17-16(15(14)13-7-6-8-21-11-13)18(25)24-20(23-17)28-10-5-2/h4,6-8,11,15H,1,5,9-10H2,2-3H3,(H2,22,23,24,25). The van der Waals surface area contributed by atoms with Gasteiger partial charge in [0.15, 0.2) is 5.16 Å². The van der Waals surface area contributed by atoms with E-state index in [1.807, 2.05) is 6.07 Å². The van der Waals surface area contributed by atoms with Gasteiger partial charge in [0, 0.05) is 23.8 Å². The molecule has 0 fully saturated rings. The fourth-order valence-electron chi connectivity index (χ4n) is 3.06. The molecule has 0 bridgehead atoms. The molecule has 28 heavy (non-hydrogen) atoms. The number of fused-ring (bicyclic) bond motifs is 1. The van der Waals surface area contributed by atoms with Crippen molar-refractivity contribution in [2.45, 2.75) is 31.3 Å². The molecule has 1 aliphatic heterocycles. The number of aromatic nitrogens is 3. The molecule has 1 atom stereocenters. The first-order chi connectivity index (χ1) is 13.6. The van der Waals surface area contributed by atoms with Gasteiger partial charge in [-0.25, -0.2) is 9.78 Å². The zero-order chi connectivity index (χ0) is 20.1. The molecule has 1 unspecified atom stereocenters. The van der Waals surface area contributed by atoms with Crippen LogP contribution in [0.4, 0.5) is 5.82 Å². The number of carbonyl (C=O) groups excluding carboxylic acids is 1. The highest BCUT2D eigenvalue weighted by Crippen LogP contribution is 2.39. The maximum Gasteiger partial charge on any atom is 0.337 e. The first-order valence-corrected chi connectivity index (χ1v) is 9.98. The van der Waals surface area contributed by atoms with Gasteiger partial charge in [0.25, 0.3) is 5.56 Å². The number of ether oxygens (including phenoxy) is 1. The van der Waals surface area contributed by atoms with Gasteiger partial charge in [0.1, 0.15) is 12.4 Å². The van der Waals surface area contributed by atoms with Crippen molar-refractivity contribution >= 4 is 23.5 Å². The number of aromatic amines is 1. The van der Waals surface area contributed by atoms with Crippen LogP contribution >= 0.6 is 11.8 Å². The Morgan fingerprint density at radius 1 is 1.46 bits per heavy atom. The number of pyridine rings is 1. The molecule has 0 aromatic carbocycles. The lowest BCUT2D eigenvalue weighted by Crippen LogP contribution is -2.31. The van der Waals surface area contributed by atoms with Crippen molar-refractivity contribution in [2.75, 3.05) is 17.7 Å². The average molecular weight is 398 g/mol. The molecule has 0 aliphatic carbocycles. The first kappa shape index (κ1) is 19.9. The Bertz CT molecular complexity index is 969. The summed E-state index contributed by atoms with van der Waals surface area (Å²) < 4.78 is 5.27. The molecule has 1 aliphatic rings. The lowest BCUT2D eigenvalue weighted by atomic mass is 9.83. The number of nitrogens with zero attached hydrogens (tertiary/aromatic N) is 2. The predicted octanol–water partition coefficient (Wildman–Crippen LogP) is 3.23. The van der Waals surface area contributed by atoms with E-state index in [1.165, 1.54) is 17.8 Å². The van der Waals surface area contributed by atoms with Crippen LogP contribution in [-0.4, -0.2) is 33.3 Å². The van der Waals surface area contributed by atoms with Gasteiger partial charge in [0.2, 0.25) is 0 Å². The van der Waals surface area contributed by atoms with Crippen LogP contribution in [-0.2, 0) is 9.53 Å². The summed E-state index contributed by atoms with van der Waals surface area (Å²) in [6.07, 6.45) is 5.76. The second kappa shape index (κ2) is 8.88. The molecule has 0 saturated heterocycles. The number of nitrogens with one attached hydrogen (secondary N) is 2. The van der Waals surface area contributed by atoms with E-state index in [2.05, 4.69) is 33.8 Å². The van der Waals surface area contributed by atoms with Crippen LogP contribution in [0.15, 0.2) is 58.4 Å². The fourth-order valence-corrected chi connectivity index (χ4v) is 3.78. The number of thioether (sulfide) groups is 1. The molecule has 2 aromatic heterocycles. The molecule has 3 rings (SSSR count). The Hall–Kier alpha value is -2.87. The van der Waals surface area contributed by atoms with Gasteiger partial charge in [0.05, 0.1) is 17.1 Å². The summed E-state index contributed by atoms with van der Waals surface area (Å²) in [6, 6.07) is 3.60. The number of carbonyl (C=O) groups is 1. The van der Waals surface area contributed by atoms with Crippen LogP contribution in [0.25, 0.3) is 0 Å². The van der Waals surface area contributed by atoms with Gasteiger partial charge in [-0.3, -0.25) is 9.78 Å². The summed E-state index contributed by atoms with van der Waals surface area (Å²) in [7, 11) is 0. The molecule has 0 spiro atoms. The third-order valence-corrected chi connectivity index (χ3v) is 5.31. The minimum atomic E-state index is -0.622. The second-order valence-electron chi connectivity index (χ2n) is 6.25. The number of hydrogen-bond acceptors (Lipinski definition) is 7. The number of hydrogen-bond donors (Lipinski definition) is 2. The number of anilines is 1. The molecule has 2 aromatic rings. The minimum Gasteiger partial charge on any atom is -0.458 e. The summed E-state index contributed by atoms with van der Waals surface area (Å²) in [5.74, 6) is 0.174. The number of rotatable bonds is 7. The van der Waals surface area contributed by atoms with Crippen LogP contribution in [0.3, 0.4) is 0 Å². The summed E-state index contributed by atoms with van der Waals surface area (Å²) in [6.45, 7) is 7.50. The SMILES string of the molecule is C=CCOC(=O)C1=C(C)Nc2nc(SCCC)[nH]c(=O)c2C1c1cccnc1. The van der Waals surface area contributed by atoms with Crippen LogP contribution in [0.1, 0.15) is 37.3 Å². The fraction of sp³-hybridized carbons (Fsp3) is 0.300. The summed E-state index contributed by atoms with van der Waals surface area (Å²) in [5, 5.41) is 3.66. The van der Waals surface area contributed by atoms with Crippen molar-refractivity contribution in [1.29, 1.82) is 0 Å². The first-order valence-electron chi connectivity index (χ1n) is 8.99. The van der Waals surface area contributed by atoms with Crippen LogP contribution in [0, 0.1) is 0 Å². The summed E-state index contributed by atoms with van der Waals surface area (Å²) in [5.41, 5.74) is 1.77. The van der Waals surface area contributed by atoms with Gasteiger partial charge in [-0.05, 0) is 25.0 Å². The highest BCUT2D eigenvalue weighted by atomic mass is 32.2. The largest absolute Gasteiger partial charge is 0.458 e. The van der Waals surface area contributed by atoms with E-state index < -0.39 is 11.9 Å². The van der Waals surface area contributed by atoms with Gasteiger partial charge < -0.3 is 15.0 Å². The Kier molecular flexibility index (Phi) is 6.30. The van der Waals surface area contributed by atoms with Gasteiger partial charge in [-0.1, -0.05) is 37.4 Å². The van der Waals surface area contributed by atoms with Crippen LogP contribution in [0.2, 0.25) is 0 Å². The highest BCUT2D eigenvalue weighted by molar-refractivity contribution is 7.99. The molecule has 0 saturated carbocycles. The third kappa shape index (κ3) is 4.01. The van der Waals surface area contributed by atoms with Gasteiger partial charge in [-0.15, -0.1) is 0 Å². The van der Waals surface area contributed by atoms with Crippen molar-refractivity contribution in [3.63, 3.8) is 0 Å². The lowest BCUT2D eigenvalue weighted by Gasteiger charge is -2.28. The van der Waals surface area contributed by atoms with E-state index in [4.69, 9.17) is 4.74 Å². The Balaban J connectivity index is 2.14. The predicted molar refractivity (Wildman–Crippen MR) is 109 cm³/mol. The number of H-pyrrole nitrogens is 1. The molecule has 3 heterocycles. The zero-order valence-electron chi connectivity index (χ0n) is 15.8. The van der Waals surface area contributed by atoms with E-state index in [9.17, 15) is 9.59 Å². The molecule has 0 radical (unpaired) electrons. The van der Waals surface area contributed by atoms with Crippen molar-refractivity contribution in [3.05, 3.63) is 69.9 Å². The average Bonchev–Trinajstić information content (AvgIpc) is 2.70. The normalized spacial score (nSPS) is 15.6. The van der Waals surface area contributed by atoms with Crippen LogP contribution < -0.4 is 10.9 Å². The Morgan fingerprint density at radius 2 is 2.29 bits per heavy atom. The van der Waals surface area contributed by atoms with Crippen molar-refractivity contribution in [3.8, 4) is 0 Å². The molecule has 0 amide bonds. The Labute approximate surface area is 167 Å². The molecule has 2 N–H and O–H groups in total. The van der Waals surface area contributed by atoms with Gasteiger partial charge in [-0.2, -0.15) is 0 Å².